The standard InChI is InChI=1S/C13H14N4O4/c1-8-6-11(21-17-8)13(18)15-9-2-4-10(5-3-9)20-7-12(14)16-19/h2-6,19H,7H2,1H3,(H2,14,16)(H,15,18). The molecule has 0 saturated heterocycles. The topological polar surface area (TPSA) is 123 Å². The highest BCUT2D eigenvalue weighted by Crippen LogP contribution is 2.16. The van der Waals surface area contributed by atoms with Crippen LogP contribution in [-0.2, 0) is 0 Å². The molecule has 4 N–H and O–H groups in total. The van der Waals surface area contributed by atoms with Crippen LogP contribution in [0.15, 0.2) is 40.0 Å². The molecule has 1 heterocycles. The van der Waals surface area contributed by atoms with Crippen LogP contribution in [0.2, 0.25) is 0 Å². The number of ether oxygens (including phenoxy) is 1. The van der Waals surface area contributed by atoms with Crippen LogP contribution >= 0.6 is 0 Å². The van der Waals surface area contributed by atoms with Crippen molar-refractivity contribution in [2.45, 2.75) is 6.92 Å². The van der Waals surface area contributed by atoms with Crippen molar-refractivity contribution in [1.82, 2.24) is 5.16 Å². The zero-order valence-electron chi connectivity index (χ0n) is 11.2. The van der Waals surface area contributed by atoms with E-state index in [2.05, 4.69) is 15.6 Å². The van der Waals surface area contributed by atoms with E-state index in [-0.39, 0.29) is 24.1 Å². The lowest BCUT2D eigenvalue weighted by atomic mass is 10.3. The molecule has 0 radical (unpaired) electrons. The summed E-state index contributed by atoms with van der Waals surface area (Å²) in [6.45, 7) is 1.70. The van der Waals surface area contributed by atoms with Crippen molar-refractivity contribution < 1.29 is 19.3 Å². The van der Waals surface area contributed by atoms with Crippen molar-refractivity contribution in [2.24, 2.45) is 10.9 Å². The number of benzene rings is 1. The SMILES string of the molecule is Cc1cc(C(=O)Nc2ccc(OCC(N)=NO)cc2)on1. The van der Waals surface area contributed by atoms with Gasteiger partial charge in [0, 0.05) is 11.8 Å². The van der Waals surface area contributed by atoms with Crippen LogP contribution in [0.4, 0.5) is 5.69 Å². The fourth-order valence-electron chi connectivity index (χ4n) is 1.48. The molecule has 0 fully saturated rings. The third kappa shape index (κ3) is 3.96. The van der Waals surface area contributed by atoms with Crippen LogP contribution in [-0.4, -0.2) is 28.7 Å². The Labute approximate surface area is 120 Å². The molecule has 0 atom stereocenters. The van der Waals surface area contributed by atoms with Gasteiger partial charge in [-0.3, -0.25) is 4.79 Å². The molecule has 1 aromatic carbocycles. The van der Waals surface area contributed by atoms with Gasteiger partial charge in [0.2, 0.25) is 5.76 Å². The minimum atomic E-state index is -0.388. The third-order valence-electron chi connectivity index (χ3n) is 2.48. The van der Waals surface area contributed by atoms with Crippen molar-refractivity contribution in [3.05, 3.63) is 41.8 Å². The van der Waals surface area contributed by atoms with Gasteiger partial charge in [-0.25, -0.2) is 0 Å². The first-order valence-electron chi connectivity index (χ1n) is 6.02. The molecule has 0 aliphatic rings. The minimum absolute atomic E-state index is 0.0282. The number of nitrogens with zero attached hydrogens (tertiary/aromatic N) is 2. The van der Waals surface area contributed by atoms with Gasteiger partial charge < -0.3 is 25.5 Å². The number of nitrogens with one attached hydrogen (secondary N) is 1. The van der Waals surface area contributed by atoms with Crippen LogP contribution in [0.1, 0.15) is 16.2 Å². The van der Waals surface area contributed by atoms with Crippen molar-refractivity contribution in [2.75, 3.05) is 11.9 Å². The Morgan fingerprint density at radius 2 is 2.19 bits per heavy atom. The smallest absolute Gasteiger partial charge is 0.294 e. The number of carbonyl (C=O) groups is 1. The van der Waals surface area contributed by atoms with E-state index in [1.807, 2.05) is 0 Å². The van der Waals surface area contributed by atoms with Crippen molar-refractivity contribution in [1.29, 1.82) is 0 Å². The molecule has 0 bridgehead atoms. The molecule has 2 rings (SSSR count). The van der Waals surface area contributed by atoms with E-state index in [0.29, 0.717) is 17.1 Å². The molecule has 0 spiro atoms. The van der Waals surface area contributed by atoms with Crippen molar-refractivity contribution >= 4 is 17.4 Å². The largest absolute Gasteiger partial charge is 0.486 e. The number of aryl methyl sites for hydroxylation is 1. The number of aromatic nitrogens is 1. The summed E-state index contributed by atoms with van der Waals surface area (Å²) < 4.78 is 10.1. The number of rotatable bonds is 5. The molecular weight excluding hydrogens is 276 g/mol. The van der Waals surface area contributed by atoms with E-state index >= 15 is 0 Å². The molecule has 21 heavy (non-hydrogen) atoms. The summed E-state index contributed by atoms with van der Waals surface area (Å²) in [5.41, 5.74) is 6.49. The molecular formula is C13H14N4O4. The maximum atomic E-state index is 11.8. The maximum Gasteiger partial charge on any atom is 0.294 e. The van der Waals surface area contributed by atoms with E-state index in [4.69, 9.17) is 20.2 Å². The van der Waals surface area contributed by atoms with Gasteiger partial charge in [-0.15, -0.1) is 0 Å². The van der Waals surface area contributed by atoms with E-state index in [0.717, 1.165) is 0 Å². The van der Waals surface area contributed by atoms with Gasteiger partial charge in [0.25, 0.3) is 5.91 Å². The normalized spacial score (nSPS) is 11.2. The molecule has 0 aliphatic heterocycles. The van der Waals surface area contributed by atoms with E-state index < -0.39 is 0 Å². The third-order valence-corrected chi connectivity index (χ3v) is 2.48. The van der Waals surface area contributed by atoms with E-state index in [1.165, 1.54) is 0 Å². The summed E-state index contributed by atoms with van der Waals surface area (Å²) in [5.74, 6) is 0.240. The maximum absolute atomic E-state index is 11.8. The van der Waals surface area contributed by atoms with Crippen molar-refractivity contribution in [3.63, 3.8) is 0 Å². The van der Waals surface area contributed by atoms with Crippen LogP contribution in [0.3, 0.4) is 0 Å². The summed E-state index contributed by atoms with van der Waals surface area (Å²) in [4.78, 5) is 11.8. The Morgan fingerprint density at radius 3 is 2.76 bits per heavy atom. The molecule has 0 aliphatic carbocycles. The minimum Gasteiger partial charge on any atom is -0.486 e. The Kier molecular flexibility index (Phi) is 4.39. The van der Waals surface area contributed by atoms with Crippen LogP contribution in [0.5, 0.6) is 5.75 Å². The second-order valence-corrected chi connectivity index (χ2v) is 4.19. The molecule has 1 amide bonds. The van der Waals surface area contributed by atoms with Gasteiger partial charge >= 0.3 is 0 Å². The summed E-state index contributed by atoms with van der Waals surface area (Å²) in [6, 6.07) is 8.15. The summed E-state index contributed by atoms with van der Waals surface area (Å²) in [5, 5.41) is 17.5. The first-order valence-corrected chi connectivity index (χ1v) is 6.02. The van der Waals surface area contributed by atoms with Gasteiger partial charge in [-0.2, -0.15) is 0 Å². The summed E-state index contributed by atoms with van der Waals surface area (Å²) >= 11 is 0. The molecule has 0 saturated carbocycles. The van der Waals surface area contributed by atoms with Crippen LogP contribution < -0.4 is 15.8 Å². The van der Waals surface area contributed by atoms with Crippen LogP contribution in [0.25, 0.3) is 0 Å². The summed E-state index contributed by atoms with van der Waals surface area (Å²) in [7, 11) is 0. The first-order chi connectivity index (χ1) is 10.1. The zero-order valence-corrected chi connectivity index (χ0v) is 11.2. The number of nitrogens with two attached hydrogens (primary N) is 1. The highest BCUT2D eigenvalue weighted by atomic mass is 16.5. The predicted molar refractivity (Wildman–Crippen MR) is 74.5 cm³/mol. The zero-order chi connectivity index (χ0) is 15.2. The number of hydrogen-bond acceptors (Lipinski definition) is 6. The van der Waals surface area contributed by atoms with Crippen molar-refractivity contribution in [3.8, 4) is 5.75 Å². The number of oxime groups is 1. The van der Waals surface area contributed by atoms with Gasteiger partial charge in [0.1, 0.15) is 12.4 Å². The molecule has 2 aromatic rings. The Bertz CT molecular complexity index is 648. The first kappa shape index (κ1) is 14.4. The Morgan fingerprint density at radius 1 is 1.48 bits per heavy atom. The van der Waals surface area contributed by atoms with E-state index in [9.17, 15) is 4.79 Å². The van der Waals surface area contributed by atoms with Gasteiger partial charge in [-0.1, -0.05) is 10.3 Å². The summed E-state index contributed by atoms with van der Waals surface area (Å²) in [6.07, 6.45) is 0. The lowest BCUT2D eigenvalue weighted by Crippen LogP contribution is -2.20. The number of hydrogen-bond donors (Lipinski definition) is 3. The quantitative estimate of drug-likeness (QED) is 0.330. The average Bonchev–Trinajstić information content (AvgIpc) is 2.93. The molecule has 8 nitrogen and oxygen atoms in total. The molecule has 8 heteroatoms. The second-order valence-electron chi connectivity index (χ2n) is 4.19. The van der Waals surface area contributed by atoms with E-state index in [1.54, 1.807) is 37.3 Å². The fourth-order valence-corrected chi connectivity index (χ4v) is 1.48. The highest BCUT2D eigenvalue weighted by Gasteiger charge is 2.11. The molecule has 1 aromatic heterocycles. The highest BCUT2D eigenvalue weighted by molar-refractivity contribution is 6.02. The van der Waals surface area contributed by atoms with Gasteiger partial charge in [-0.05, 0) is 31.2 Å². The van der Waals surface area contributed by atoms with Gasteiger partial charge in [0.15, 0.2) is 5.84 Å². The Hall–Kier alpha value is -3.03. The monoisotopic (exact) mass is 290 g/mol. The number of amides is 1. The van der Waals surface area contributed by atoms with Crippen LogP contribution in [0, 0.1) is 6.92 Å². The lowest BCUT2D eigenvalue weighted by molar-refractivity contribution is 0.0988. The predicted octanol–water partition coefficient (Wildman–Crippen LogP) is 1.36. The molecule has 110 valence electrons. The second kappa shape index (κ2) is 6.42. The van der Waals surface area contributed by atoms with Gasteiger partial charge in [0.05, 0.1) is 5.69 Å². The number of carbonyl (C=O) groups excluding carboxylic acids is 1. The Balaban J connectivity index is 1.94. The molecule has 0 unspecified atom stereocenters. The fraction of sp³-hybridized carbons (Fsp3) is 0.154. The average molecular weight is 290 g/mol. The lowest BCUT2D eigenvalue weighted by Gasteiger charge is -2.06. The number of amidine groups is 1. The number of anilines is 1.